The third-order valence-electron chi connectivity index (χ3n) is 4.21. The average Bonchev–Trinajstić information content (AvgIpc) is 2.87. The molecule has 1 N–H and O–H groups in total. The van der Waals surface area contributed by atoms with Gasteiger partial charge in [0.15, 0.2) is 0 Å². The molecule has 0 saturated heterocycles. The van der Waals surface area contributed by atoms with Crippen molar-refractivity contribution in [2.24, 2.45) is 0 Å². The molecule has 1 aromatic carbocycles. The summed E-state index contributed by atoms with van der Waals surface area (Å²) in [4.78, 5) is 0. The fraction of sp³-hybridized carbons (Fsp3) is 0.412. The molecule has 0 radical (unpaired) electrons. The summed E-state index contributed by atoms with van der Waals surface area (Å²) in [6.07, 6.45) is 4.15. The van der Waals surface area contributed by atoms with E-state index in [-0.39, 0.29) is 0 Å². The van der Waals surface area contributed by atoms with E-state index in [9.17, 15) is 5.11 Å². The molecule has 0 spiro atoms. The molecule has 0 saturated carbocycles. The minimum Gasteiger partial charge on any atom is -0.496 e. The van der Waals surface area contributed by atoms with Crippen LogP contribution in [0.5, 0.6) is 5.75 Å². The van der Waals surface area contributed by atoms with Crippen molar-refractivity contribution in [2.45, 2.75) is 38.7 Å². The van der Waals surface area contributed by atoms with E-state index in [1.807, 2.05) is 26.0 Å². The maximum absolute atomic E-state index is 11.3. The zero-order valence-electron chi connectivity index (χ0n) is 12.2. The van der Waals surface area contributed by atoms with E-state index in [0.717, 1.165) is 46.6 Å². The van der Waals surface area contributed by atoms with Crippen LogP contribution in [0.4, 0.5) is 0 Å². The zero-order chi connectivity index (χ0) is 14.3. The van der Waals surface area contributed by atoms with Gasteiger partial charge in [-0.2, -0.15) is 0 Å². The van der Waals surface area contributed by atoms with Crippen LogP contribution in [0, 0.1) is 13.8 Å². The van der Waals surface area contributed by atoms with E-state index in [0.29, 0.717) is 6.42 Å². The molecule has 2 aromatic rings. The lowest BCUT2D eigenvalue weighted by atomic mass is 9.76. The van der Waals surface area contributed by atoms with E-state index in [2.05, 4.69) is 6.07 Å². The molecule has 1 aromatic heterocycles. The van der Waals surface area contributed by atoms with Crippen LogP contribution in [0.3, 0.4) is 0 Å². The number of rotatable bonds is 2. The summed E-state index contributed by atoms with van der Waals surface area (Å²) in [6, 6.07) is 5.95. The van der Waals surface area contributed by atoms with E-state index in [1.165, 1.54) is 0 Å². The molecule has 1 aliphatic carbocycles. The van der Waals surface area contributed by atoms with Gasteiger partial charge in [-0.3, -0.25) is 0 Å². The molecule has 3 nitrogen and oxygen atoms in total. The average molecular weight is 272 g/mol. The van der Waals surface area contributed by atoms with Crippen molar-refractivity contribution in [2.75, 3.05) is 7.11 Å². The van der Waals surface area contributed by atoms with Crippen LogP contribution in [-0.4, -0.2) is 12.2 Å². The van der Waals surface area contributed by atoms with Gasteiger partial charge in [-0.05, 0) is 49.9 Å². The smallest absolute Gasteiger partial charge is 0.125 e. The number of hydrogen-bond acceptors (Lipinski definition) is 3. The maximum Gasteiger partial charge on any atom is 0.125 e. The third kappa shape index (κ3) is 1.85. The Bertz CT molecular complexity index is 642. The lowest BCUT2D eigenvalue weighted by molar-refractivity contribution is 0.0557. The molecule has 0 aliphatic heterocycles. The molecular formula is C17H20O3. The third-order valence-corrected chi connectivity index (χ3v) is 4.21. The standard InChI is InChI=1S/C17H20O3/c1-11-9-12(2)16(15(10-11)19-3)17(18)7-4-5-14-13(17)6-8-20-14/h6,8-10,18H,4-5,7H2,1-3H3. The Labute approximate surface area is 119 Å². The highest BCUT2D eigenvalue weighted by Crippen LogP contribution is 2.46. The van der Waals surface area contributed by atoms with Crippen LogP contribution in [0.15, 0.2) is 28.9 Å². The minimum absolute atomic E-state index is 0.694. The van der Waals surface area contributed by atoms with Gasteiger partial charge >= 0.3 is 0 Å². The van der Waals surface area contributed by atoms with Crippen molar-refractivity contribution < 1.29 is 14.3 Å². The van der Waals surface area contributed by atoms with E-state index in [4.69, 9.17) is 9.15 Å². The predicted molar refractivity (Wildman–Crippen MR) is 77.1 cm³/mol. The van der Waals surface area contributed by atoms with Crippen LogP contribution in [0.2, 0.25) is 0 Å². The molecule has 0 amide bonds. The molecule has 1 unspecified atom stereocenters. The summed E-state index contributed by atoms with van der Waals surface area (Å²) < 4.78 is 11.0. The highest BCUT2D eigenvalue weighted by molar-refractivity contribution is 5.52. The molecule has 20 heavy (non-hydrogen) atoms. The second-order valence-corrected chi connectivity index (χ2v) is 5.63. The highest BCUT2D eigenvalue weighted by atomic mass is 16.5. The molecule has 3 rings (SSSR count). The van der Waals surface area contributed by atoms with Gasteiger partial charge in [0.1, 0.15) is 17.1 Å². The van der Waals surface area contributed by atoms with E-state index >= 15 is 0 Å². The summed E-state index contributed by atoms with van der Waals surface area (Å²) in [7, 11) is 1.65. The largest absolute Gasteiger partial charge is 0.496 e. The minimum atomic E-state index is -1.01. The van der Waals surface area contributed by atoms with Crippen molar-refractivity contribution in [3.8, 4) is 5.75 Å². The highest BCUT2D eigenvalue weighted by Gasteiger charge is 2.41. The Morgan fingerprint density at radius 2 is 2.10 bits per heavy atom. The number of fused-ring (bicyclic) bond motifs is 1. The molecular weight excluding hydrogens is 252 g/mol. The Kier molecular flexibility index (Phi) is 3.09. The van der Waals surface area contributed by atoms with Gasteiger partial charge in [-0.15, -0.1) is 0 Å². The SMILES string of the molecule is COc1cc(C)cc(C)c1C1(O)CCCc2occc21. The Morgan fingerprint density at radius 1 is 1.30 bits per heavy atom. The molecule has 1 aliphatic rings. The summed E-state index contributed by atoms with van der Waals surface area (Å²) in [6.45, 7) is 4.06. The summed E-state index contributed by atoms with van der Waals surface area (Å²) >= 11 is 0. The first-order valence-corrected chi connectivity index (χ1v) is 7.01. The fourth-order valence-electron chi connectivity index (χ4n) is 3.42. The molecule has 1 heterocycles. The summed E-state index contributed by atoms with van der Waals surface area (Å²) in [5, 5.41) is 11.3. The Morgan fingerprint density at radius 3 is 2.85 bits per heavy atom. The maximum atomic E-state index is 11.3. The molecule has 1 atom stereocenters. The monoisotopic (exact) mass is 272 g/mol. The summed E-state index contributed by atoms with van der Waals surface area (Å²) in [5.74, 6) is 1.64. The van der Waals surface area contributed by atoms with E-state index < -0.39 is 5.60 Å². The first kappa shape index (κ1) is 13.3. The second kappa shape index (κ2) is 4.67. The lowest BCUT2D eigenvalue weighted by Crippen LogP contribution is -2.32. The van der Waals surface area contributed by atoms with Gasteiger partial charge in [0.25, 0.3) is 0 Å². The number of aliphatic hydroxyl groups is 1. The number of ether oxygens (including phenoxy) is 1. The molecule has 106 valence electrons. The van der Waals surface area contributed by atoms with Gasteiger partial charge in [0.2, 0.25) is 0 Å². The number of methoxy groups -OCH3 is 1. The van der Waals surface area contributed by atoms with Gasteiger partial charge in [-0.1, -0.05) is 6.07 Å². The zero-order valence-corrected chi connectivity index (χ0v) is 12.2. The number of hydrogen-bond donors (Lipinski definition) is 1. The van der Waals surface area contributed by atoms with Crippen molar-refractivity contribution >= 4 is 0 Å². The van der Waals surface area contributed by atoms with Crippen LogP contribution >= 0.6 is 0 Å². The van der Waals surface area contributed by atoms with Gasteiger partial charge in [0.05, 0.1) is 13.4 Å². The molecule has 0 bridgehead atoms. The van der Waals surface area contributed by atoms with Gasteiger partial charge in [0, 0.05) is 17.5 Å². The number of furan rings is 1. The van der Waals surface area contributed by atoms with Crippen LogP contribution < -0.4 is 4.74 Å². The van der Waals surface area contributed by atoms with E-state index in [1.54, 1.807) is 13.4 Å². The second-order valence-electron chi connectivity index (χ2n) is 5.63. The Hall–Kier alpha value is -1.74. The topological polar surface area (TPSA) is 42.6 Å². The quantitative estimate of drug-likeness (QED) is 0.910. The predicted octanol–water partition coefficient (Wildman–Crippen LogP) is 3.48. The van der Waals surface area contributed by atoms with Gasteiger partial charge < -0.3 is 14.3 Å². The van der Waals surface area contributed by atoms with Crippen LogP contribution in [-0.2, 0) is 12.0 Å². The normalized spacial score (nSPS) is 21.6. The number of benzene rings is 1. The number of aryl methyl sites for hydroxylation is 3. The van der Waals surface area contributed by atoms with Crippen molar-refractivity contribution in [1.82, 2.24) is 0 Å². The van der Waals surface area contributed by atoms with Crippen LogP contribution in [0.25, 0.3) is 0 Å². The van der Waals surface area contributed by atoms with Gasteiger partial charge in [-0.25, -0.2) is 0 Å². The van der Waals surface area contributed by atoms with Crippen LogP contribution in [0.1, 0.15) is 40.9 Å². The molecule has 0 fully saturated rings. The first-order valence-electron chi connectivity index (χ1n) is 7.01. The first-order chi connectivity index (χ1) is 9.56. The summed E-state index contributed by atoms with van der Waals surface area (Å²) in [5.41, 5.74) is 2.93. The van der Waals surface area contributed by atoms with Crippen molar-refractivity contribution in [3.05, 3.63) is 52.5 Å². The van der Waals surface area contributed by atoms with Crippen molar-refractivity contribution in [1.29, 1.82) is 0 Å². The molecule has 3 heteroatoms. The van der Waals surface area contributed by atoms with Crippen molar-refractivity contribution in [3.63, 3.8) is 0 Å². The lowest BCUT2D eigenvalue weighted by Gasteiger charge is -2.34. The Balaban J connectivity index is 2.24. The fourth-order valence-corrected chi connectivity index (χ4v) is 3.42.